The topological polar surface area (TPSA) is 0 Å². The maximum absolute atomic E-state index is 2.26. The molecule has 0 bridgehead atoms. The number of thiophene rings is 1. The standard InChI is InChI=1S/C15H10S/c1-9-5-8-13-15-11(9)7-6-10-3-2-4-12(16-13)14(10)15/h2-8H,1H3. The Balaban J connectivity index is 2.50. The van der Waals surface area contributed by atoms with E-state index in [-0.39, 0.29) is 0 Å². The summed E-state index contributed by atoms with van der Waals surface area (Å²) in [5.74, 6) is 0. The summed E-state index contributed by atoms with van der Waals surface area (Å²) in [5, 5.41) is 5.67. The molecule has 0 saturated carbocycles. The third-order valence-electron chi connectivity index (χ3n) is 3.38. The molecular weight excluding hydrogens is 212 g/mol. The van der Waals surface area contributed by atoms with Gasteiger partial charge in [0.05, 0.1) is 0 Å². The van der Waals surface area contributed by atoms with Crippen molar-refractivity contribution in [3.63, 3.8) is 0 Å². The molecule has 16 heavy (non-hydrogen) atoms. The summed E-state index contributed by atoms with van der Waals surface area (Å²) >= 11 is 1.90. The van der Waals surface area contributed by atoms with Crippen LogP contribution in [0.3, 0.4) is 0 Å². The highest BCUT2D eigenvalue weighted by Gasteiger charge is 2.11. The molecule has 0 radical (unpaired) electrons. The van der Waals surface area contributed by atoms with Gasteiger partial charge >= 0.3 is 0 Å². The molecule has 1 heterocycles. The fourth-order valence-corrected chi connectivity index (χ4v) is 3.75. The van der Waals surface area contributed by atoms with Crippen molar-refractivity contribution in [3.8, 4) is 0 Å². The Hall–Kier alpha value is -1.60. The van der Waals surface area contributed by atoms with E-state index in [0.29, 0.717) is 0 Å². The molecule has 0 amide bonds. The Morgan fingerprint density at radius 2 is 1.69 bits per heavy atom. The fourth-order valence-electron chi connectivity index (χ4n) is 2.59. The third-order valence-corrected chi connectivity index (χ3v) is 4.50. The lowest BCUT2D eigenvalue weighted by molar-refractivity contribution is 1.55. The van der Waals surface area contributed by atoms with Crippen molar-refractivity contribution >= 4 is 42.3 Å². The van der Waals surface area contributed by atoms with Crippen LogP contribution in [0, 0.1) is 6.92 Å². The van der Waals surface area contributed by atoms with Crippen LogP contribution in [0.1, 0.15) is 5.56 Å². The first kappa shape index (κ1) is 8.54. The van der Waals surface area contributed by atoms with Gasteiger partial charge in [0, 0.05) is 20.2 Å². The summed E-state index contributed by atoms with van der Waals surface area (Å²) in [6, 6.07) is 15.5. The van der Waals surface area contributed by atoms with Crippen LogP contribution < -0.4 is 0 Å². The summed E-state index contributed by atoms with van der Waals surface area (Å²) < 4.78 is 2.82. The van der Waals surface area contributed by atoms with Gasteiger partial charge in [-0.15, -0.1) is 11.3 Å². The molecule has 0 saturated heterocycles. The van der Waals surface area contributed by atoms with Gasteiger partial charge in [-0.1, -0.05) is 30.3 Å². The van der Waals surface area contributed by atoms with Gasteiger partial charge in [-0.25, -0.2) is 0 Å². The van der Waals surface area contributed by atoms with Gasteiger partial charge in [0.2, 0.25) is 0 Å². The first-order valence-corrected chi connectivity index (χ1v) is 6.29. The molecule has 4 rings (SSSR count). The lowest BCUT2D eigenvalue weighted by Gasteiger charge is -2.04. The molecule has 1 aromatic heterocycles. The molecule has 0 aliphatic rings. The molecule has 1 heteroatoms. The number of aryl methyl sites for hydroxylation is 1. The molecule has 3 aromatic carbocycles. The molecule has 0 unspecified atom stereocenters. The second-order valence-electron chi connectivity index (χ2n) is 4.33. The third kappa shape index (κ3) is 0.896. The summed E-state index contributed by atoms with van der Waals surface area (Å²) in [4.78, 5) is 0. The Morgan fingerprint density at radius 1 is 0.812 bits per heavy atom. The molecule has 0 nitrogen and oxygen atoms in total. The fraction of sp³-hybridized carbons (Fsp3) is 0.0667. The largest absolute Gasteiger partial charge is 0.135 e. The van der Waals surface area contributed by atoms with Gasteiger partial charge < -0.3 is 0 Å². The van der Waals surface area contributed by atoms with Crippen molar-refractivity contribution in [2.24, 2.45) is 0 Å². The van der Waals surface area contributed by atoms with Crippen molar-refractivity contribution in [1.29, 1.82) is 0 Å². The van der Waals surface area contributed by atoms with Crippen LogP contribution in [-0.4, -0.2) is 0 Å². The zero-order valence-corrected chi connectivity index (χ0v) is 9.77. The maximum atomic E-state index is 2.26. The van der Waals surface area contributed by atoms with Crippen LogP contribution >= 0.6 is 11.3 Å². The van der Waals surface area contributed by atoms with E-state index in [1.165, 1.54) is 36.5 Å². The summed E-state index contributed by atoms with van der Waals surface area (Å²) in [5.41, 5.74) is 1.37. The minimum Gasteiger partial charge on any atom is -0.135 e. The molecular formula is C15H10S. The van der Waals surface area contributed by atoms with Gasteiger partial charge in [0.1, 0.15) is 0 Å². The first-order valence-electron chi connectivity index (χ1n) is 5.47. The van der Waals surface area contributed by atoms with Crippen LogP contribution in [0.15, 0.2) is 42.5 Å². The average Bonchev–Trinajstić information content (AvgIpc) is 2.69. The smallest absolute Gasteiger partial charge is 0.0361 e. The second-order valence-corrected chi connectivity index (χ2v) is 5.41. The summed E-state index contributed by atoms with van der Waals surface area (Å²) in [6.07, 6.45) is 0. The Kier molecular flexibility index (Phi) is 1.46. The van der Waals surface area contributed by atoms with Crippen molar-refractivity contribution < 1.29 is 0 Å². The number of benzene rings is 3. The predicted octanol–water partition coefficient (Wildman–Crippen LogP) is 4.95. The zero-order chi connectivity index (χ0) is 10.7. The highest BCUT2D eigenvalue weighted by molar-refractivity contribution is 7.26. The van der Waals surface area contributed by atoms with Crippen LogP contribution in [0.25, 0.3) is 30.9 Å². The van der Waals surface area contributed by atoms with Crippen LogP contribution in [0.2, 0.25) is 0 Å². The molecule has 0 aliphatic carbocycles. The molecule has 76 valence electrons. The van der Waals surface area contributed by atoms with Crippen LogP contribution in [-0.2, 0) is 0 Å². The van der Waals surface area contributed by atoms with E-state index in [2.05, 4.69) is 49.4 Å². The Morgan fingerprint density at radius 3 is 2.62 bits per heavy atom. The number of hydrogen-bond donors (Lipinski definition) is 0. The number of rotatable bonds is 0. The summed E-state index contributed by atoms with van der Waals surface area (Å²) in [7, 11) is 0. The molecule has 0 spiro atoms. The van der Waals surface area contributed by atoms with E-state index in [1.54, 1.807) is 0 Å². The van der Waals surface area contributed by atoms with Crippen molar-refractivity contribution in [1.82, 2.24) is 0 Å². The van der Waals surface area contributed by atoms with Crippen molar-refractivity contribution in [3.05, 3.63) is 48.0 Å². The van der Waals surface area contributed by atoms with E-state index in [1.807, 2.05) is 11.3 Å². The first-order chi connectivity index (χ1) is 7.84. The minimum atomic E-state index is 1.36. The van der Waals surface area contributed by atoms with E-state index in [0.717, 1.165) is 0 Å². The Bertz CT molecular complexity index is 808. The van der Waals surface area contributed by atoms with E-state index in [4.69, 9.17) is 0 Å². The highest BCUT2D eigenvalue weighted by atomic mass is 32.1. The normalized spacial score (nSPS) is 12.1. The minimum absolute atomic E-state index is 1.36. The van der Waals surface area contributed by atoms with Crippen molar-refractivity contribution in [2.75, 3.05) is 0 Å². The molecule has 0 aliphatic heterocycles. The zero-order valence-electron chi connectivity index (χ0n) is 8.95. The lowest BCUT2D eigenvalue weighted by Crippen LogP contribution is -1.78. The van der Waals surface area contributed by atoms with Crippen molar-refractivity contribution in [2.45, 2.75) is 6.92 Å². The SMILES string of the molecule is Cc1ccc2sc3cccc4ccc1c2c43. The number of hydrogen-bond acceptors (Lipinski definition) is 1. The van der Waals surface area contributed by atoms with Gasteiger partial charge in [-0.3, -0.25) is 0 Å². The lowest BCUT2D eigenvalue weighted by atomic mass is 9.99. The van der Waals surface area contributed by atoms with Crippen LogP contribution in [0.5, 0.6) is 0 Å². The maximum Gasteiger partial charge on any atom is 0.0361 e. The van der Waals surface area contributed by atoms with E-state index < -0.39 is 0 Å². The van der Waals surface area contributed by atoms with Gasteiger partial charge in [-0.2, -0.15) is 0 Å². The average molecular weight is 222 g/mol. The van der Waals surface area contributed by atoms with Crippen LogP contribution in [0.4, 0.5) is 0 Å². The molecule has 0 N–H and O–H groups in total. The molecule has 0 fully saturated rings. The molecule has 0 atom stereocenters. The monoisotopic (exact) mass is 222 g/mol. The van der Waals surface area contributed by atoms with E-state index >= 15 is 0 Å². The Labute approximate surface area is 97.5 Å². The highest BCUT2D eigenvalue weighted by Crippen LogP contribution is 2.41. The second kappa shape index (κ2) is 2.74. The quantitative estimate of drug-likeness (QED) is 0.369. The van der Waals surface area contributed by atoms with Gasteiger partial charge in [0.25, 0.3) is 0 Å². The van der Waals surface area contributed by atoms with Gasteiger partial charge in [-0.05, 0) is 35.4 Å². The summed E-state index contributed by atoms with van der Waals surface area (Å²) in [6.45, 7) is 2.19. The molecule has 4 aromatic rings. The van der Waals surface area contributed by atoms with Gasteiger partial charge in [0.15, 0.2) is 0 Å². The van der Waals surface area contributed by atoms with E-state index in [9.17, 15) is 0 Å². The predicted molar refractivity (Wildman–Crippen MR) is 72.8 cm³/mol.